The molecule has 6 heteroatoms. The Labute approximate surface area is 120 Å². The monoisotopic (exact) mass is 304 g/mol. The summed E-state index contributed by atoms with van der Waals surface area (Å²) in [5, 5.41) is 3.19. The Hall–Kier alpha value is -0.430. The van der Waals surface area contributed by atoms with Crippen molar-refractivity contribution in [1.29, 1.82) is 0 Å². The largest absolute Gasteiger partial charge is 0.317 e. The van der Waals surface area contributed by atoms with Crippen molar-refractivity contribution in [2.45, 2.75) is 39.7 Å². The van der Waals surface area contributed by atoms with Crippen LogP contribution in [0.15, 0.2) is 12.1 Å². The first-order valence-electron chi connectivity index (χ1n) is 6.83. The van der Waals surface area contributed by atoms with E-state index in [1.165, 1.54) is 4.88 Å². The molecule has 0 saturated heterocycles. The lowest BCUT2D eigenvalue weighted by Gasteiger charge is -2.05. The highest BCUT2D eigenvalue weighted by Crippen LogP contribution is 2.16. The van der Waals surface area contributed by atoms with Crippen molar-refractivity contribution in [2.75, 3.05) is 18.8 Å². The van der Waals surface area contributed by atoms with Gasteiger partial charge in [-0.15, -0.1) is 11.3 Å². The second-order valence-electron chi connectivity index (χ2n) is 4.42. The van der Waals surface area contributed by atoms with E-state index in [1.54, 1.807) is 11.3 Å². The van der Waals surface area contributed by atoms with Crippen LogP contribution in [0, 0.1) is 0 Å². The predicted octanol–water partition coefficient (Wildman–Crippen LogP) is 2.12. The van der Waals surface area contributed by atoms with Gasteiger partial charge in [-0.25, -0.2) is 13.1 Å². The lowest BCUT2D eigenvalue weighted by Crippen LogP contribution is -2.26. The Morgan fingerprint density at radius 3 is 2.53 bits per heavy atom. The second-order valence-corrected chi connectivity index (χ2v) is 7.60. The van der Waals surface area contributed by atoms with E-state index in [0.717, 1.165) is 30.8 Å². The predicted molar refractivity (Wildman–Crippen MR) is 82.1 cm³/mol. The molecule has 0 atom stereocenters. The molecule has 0 saturated carbocycles. The number of aryl methyl sites for hydroxylation is 1. The Bertz CT molecular complexity index is 455. The quantitative estimate of drug-likeness (QED) is 0.651. The van der Waals surface area contributed by atoms with E-state index in [-0.39, 0.29) is 5.75 Å². The lowest BCUT2D eigenvalue weighted by atomic mass is 10.3. The summed E-state index contributed by atoms with van der Waals surface area (Å²) in [6.45, 7) is 6.38. The van der Waals surface area contributed by atoms with Crippen LogP contribution in [0.3, 0.4) is 0 Å². The smallest absolute Gasteiger partial charge is 0.211 e. The number of unbranched alkanes of at least 4 members (excludes halogenated alkanes) is 1. The zero-order valence-corrected chi connectivity index (χ0v) is 13.4. The molecule has 1 rings (SSSR count). The molecule has 1 heterocycles. The first kappa shape index (κ1) is 16.6. The van der Waals surface area contributed by atoms with Crippen LogP contribution in [-0.4, -0.2) is 27.3 Å². The fourth-order valence-electron chi connectivity index (χ4n) is 1.68. The molecule has 1 aromatic rings. The van der Waals surface area contributed by atoms with E-state index in [0.29, 0.717) is 13.0 Å². The molecule has 110 valence electrons. The van der Waals surface area contributed by atoms with Gasteiger partial charge in [0.1, 0.15) is 0 Å². The maximum Gasteiger partial charge on any atom is 0.211 e. The number of thiophene rings is 1. The van der Waals surface area contributed by atoms with Gasteiger partial charge in [-0.3, -0.25) is 0 Å². The molecule has 0 fully saturated rings. The molecule has 0 radical (unpaired) electrons. The maximum atomic E-state index is 11.8. The van der Waals surface area contributed by atoms with Gasteiger partial charge in [0.05, 0.1) is 5.75 Å². The summed E-state index contributed by atoms with van der Waals surface area (Å²) in [4.78, 5) is 2.37. The van der Waals surface area contributed by atoms with Crippen molar-refractivity contribution in [3.8, 4) is 0 Å². The van der Waals surface area contributed by atoms with Crippen LogP contribution in [0.4, 0.5) is 0 Å². The molecular formula is C13H24N2O2S2. The van der Waals surface area contributed by atoms with Crippen molar-refractivity contribution in [3.05, 3.63) is 21.9 Å². The topological polar surface area (TPSA) is 58.2 Å². The summed E-state index contributed by atoms with van der Waals surface area (Å²) in [6.07, 6.45) is 2.60. The lowest BCUT2D eigenvalue weighted by molar-refractivity contribution is 0.574. The third kappa shape index (κ3) is 7.06. The molecule has 1 aromatic heterocycles. The van der Waals surface area contributed by atoms with Gasteiger partial charge in [-0.1, -0.05) is 13.8 Å². The molecule has 0 unspecified atom stereocenters. The van der Waals surface area contributed by atoms with Crippen LogP contribution in [-0.2, 0) is 23.0 Å². The summed E-state index contributed by atoms with van der Waals surface area (Å²) in [6, 6.07) is 4.06. The molecule has 0 amide bonds. The highest BCUT2D eigenvalue weighted by molar-refractivity contribution is 7.89. The summed E-state index contributed by atoms with van der Waals surface area (Å²) in [7, 11) is -3.14. The molecule has 0 aliphatic heterocycles. The molecule has 0 aliphatic carbocycles. The molecule has 4 nitrogen and oxygen atoms in total. The minimum Gasteiger partial charge on any atom is -0.317 e. The third-order valence-corrected chi connectivity index (χ3v) is 5.44. The van der Waals surface area contributed by atoms with Crippen LogP contribution in [0.2, 0.25) is 0 Å². The van der Waals surface area contributed by atoms with Crippen LogP contribution in [0.5, 0.6) is 0 Å². The SMILES string of the molecule is CCNCCCCS(=O)(=O)NCc1ccc(CC)s1. The fourth-order valence-corrected chi connectivity index (χ4v) is 3.77. The van der Waals surface area contributed by atoms with Crippen LogP contribution in [0.25, 0.3) is 0 Å². The van der Waals surface area contributed by atoms with Crippen LogP contribution >= 0.6 is 11.3 Å². The second kappa shape index (κ2) is 8.68. The van der Waals surface area contributed by atoms with Crippen molar-refractivity contribution < 1.29 is 8.42 Å². The van der Waals surface area contributed by atoms with Crippen molar-refractivity contribution >= 4 is 21.4 Å². The van der Waals surface area contributed by atoms with E-state index in [9.17, 15) is 8.42 Å². The van der Waals surface area contributed by atoms with Gasteiger partial charge in [-0.2, -0.15) is 0 Å². The molecular weight excluding hydrogens is 280 g/mol. The Kier molecular flexibility index (Phi) is 7.60. The Balaban J connectivity index is 2.26. The third-order valence-electron chi connectivity index (χ3n) is 2.80. The van der Waals surface area contributed by atoms with Crippen LogP contribution in [0.1, 0.15) is 36.4 Å². The number of hydrogen-bond donors (Lipinski definition) is 2. The average Bonchev–Trinajstić information content (AvgIpc) is 2.84. The number of sulfonamides is 1. The van der Waals surface area contributed by atoms with Crippen molar-refractivity contribution in [1.82, 2.24) is 10.0 Å². The highest BCUT2D eigenvalue weighted by Gasteiger charge is 2.10. The van der Waals surface area contributed by atoms with Gasteiger partial charge in [0.2, 0.25) is 10.0 Å². The molecule has 2 N–H and O–H groups in total. The van der Waals surface area contributed by atoms with Gasteiger partial charge in [0.25, 0.3) is 0 Å². The van der Waals surface area contributed by atoms with E-state index in [2.05, 4.69) is 23.0 Å². The molecule has 0 bridgehead atoms. The minimum atomic E-state index is -3.14. The summed E-state index contributed by atoms with van der Waals surface area (Å²) in [5.74, 6) is 0.213. The van der Waals surface area contributed by atoms with Gasteiger partial charge in [-0.05, 0) is 44.5 Å². The number of rotatable bonds is 10. The summed E-state index contributed by atoms with van der Waals surface area (Å²) >= 11 is 1.67. The normalized spacial score (nSPS) is 11.9. The van der Waals surface area contributed by atoms with E-state index in [1.807, 2.05) is 13.0 Å². The molecule has 0 spiro atoms. The highest BCUT2D eigenvalue weighted by atomic mass is 32.2. The van der Waals surface area contributed by atoms with E-state index in [4.69, 9.17) is 0 Å². The fraction of sp³-hybridized carbons (Fsp3) is 0.692. The van der Waals surface area contributed by atoms with E-state index >= 15 is 0 Å². The standard InChI is InChI=1S/C13H24N2O2S2/c1-3-12-7-8-13(18-12)11-15-19(16,17)10-6-5-9-14-4-2/h7-8,14-15H,3-6,9-11H2,1-2H3. The van der Waals surface area contributed by atoms with Crippen LogP contribution < -0.4 is 10.0 Å². The Morgan fingerprint density at radius 2 is 1.89 bits per heavy atom. The first-order valence-corrected chi connectivity index (χ1v) is 9.30. The van der Waals surface area contributed by atoms with Crippen molar-refractivity contribution in [3.63, 3.8) is 0 Å². The number of hydrogen-bond acceptors (Lipinski definition) is 4. The van der Waals surface area contributed by atoms with Gasteiger partial charge < -0.3 is 5.32 Å². The first-order chi connectivity index (χ1) is 9.07. The van der Waals surface area contributed by atoms with Gasteiger partial charge >= 0.3 is 0 Å². The maximum absolute atomic E-state index is 11.8. The minimum absolute atomic E-state index is 0.213. The number of nitrogens with one attached hydrogen (secondary N) is 2. The average molecular weight is 304 g/mol. The summed E-state index contributed by atoms with van der Waals surface area (Å²) in [5.41, 5.74) is 0. The van der Waals surface area contributed by atoms with Gasteiger partial charge in [0, 0.05) is 16.3 Å². The molecule has 0 aliphatic rings. The van der Waals surface area contributed by atoms with E-state index < -0.39 is 10.0 Å². The van der Waals surface area contributed by atoms with Crippen molar-refractivity contribution in [2.24, 2.45) is 0 Å². The molecule has 19 heavy (non-hydrogen) atoms. The zero-order valence-electron chi connectivity index (χ0n) is 11.7. The zero-order chi connectivity index (χ0) is 14.1. The summed E-state index contributed by atoms with van der Waals surface area (Å²) < 4.78 is 26.2. The molecule has 0 aromatic carbocycles. The van der Waals surface area contributed by atoms with Gasteiger partial charge in [0.15, 0.2) is 0 Å². The Morgan fingerprint density at radius 1 is 1.16 bits per heavy atom.